The highest BCUT2D eigenvalue weighted by Crippen LogP contribution is 2.52. The second kappa shape index (κ2) is 9.30. The number of benzene rings is 1. The minimum absolute atomic E-state index is 0. The third-order valence-electron chi connectivity index (χ3n) is 6.71. The molecular formula is C22H35IN4O. The molecule has 4 rings (SSSR count). The lowest BCUT2D eigenvalue weighted by Gasteiger charge is -2.55. The summed E-state index contributed by atoms with van der Waals surface area (Å²) in [6, 6.07) is 11.7. The molecule has 1 aliphatic carbocycles. The number of fused-ring (bicyclic) bond motifs is 1. The van der Waals surface area contributed by atoms with Crippen LogP contribution in [0.3, 0.4) is 0 Å². The maximum absolute atomic E-state index is 5.93. The van der Waals surface area contributed by atoms with Gasteiger partial charge >= 0.3 is 0 Å². The van der Waals surface area contributed by atoms with Crippen molar-refractivity contribution in [3.8, 4) is 0 Å². The Morgan fingerprint density at radius 3 is 2.75 bits per heavy atom. The first-order valence-electron chi connectivity index (χ1n) is 10.5. The molecule has 3 fully saturated rings. The van der Waals surface area contributed by atoms with Crippen LogP contribution in [0.4, 0.5) is 0 Å². The Morgan fingerprint density at radius 2 is 2.00 bits per heavy atom. The van der Waals surface area contributed by atoms with Crippen molar-refractivity contribution in [1.82, 2.24) is 15.5 Å². The molecule has 0 aromatic heterocycles. The molecule has 1 aromatic carbocycles. The zero-order chi connectivity index (χ0) is 18.9. The number of halogens is 1. The minimum atomic E-state index is 0. The average Bonchev–Trinajstić information content (AvgIpc) is 3.13. The molecule has 5 nitrogen and oxygen atoms in total. The fourth-order valence-corrected chi connectivity index (χ4v) is 5.29. The summed E-state index contributed by atoms with van der Waals surface area (Å²) in [5.41, 5.74) is 1.56. The van der Waals surface area contributed by atoms with Gasteiger partial charge in [-0.25, -0.2) is 0 Å². The summed E-state index contributed by atoms with van der Waals surface area (Å²) in [6.07, 6.45) is 4.01. The van der Waals surface area contributed by atoms with Crippen molar-refractivity contribution in [2.75, 3.05) is 26.7 Å². The van der Waals surface area contributed by atoms with E-state index in [-0.39, 0.29) is 29.4 Å². The molecule has 28 heavy (non-hydrogen) atoms. The maximum Gasteiger partial charge on any atom is 0.191 e. The number of ether oxygens (including phenoxy) is 1. The average molecular weight is 498 g/mol. The van der Waals surface area contributed by atoms with Crippen molar-refractivity contribution in [3.63, 3.8) is 0 Å². The van der Waals surface area contributed by atoms with E-state index in [0.29, 0.717) is 24.1 Å². The molecule has 2 N–H and O–H groups in total. The Balaban J connectivity index is 0.00000225. The van der Waals surface area contributed by atoms with Crippen LogP contribution in [-0.2, 0) is 11.3 Å². The Kier molecular flexibility index (Phi) is 7.26. The standard InChI is InChI=1S/C22H34N4O.HI/c1-22(2)19(18-11-13-27-20(18)22)25-21(23-3)24-17-10-7-12-26(15-17)14-16-8-5-4-6-9-16;/h4-6,8-9,17-20H,7,10-15H2,1-3H3,(H2,23,24,25);1H. The molecule has 4 atom stereocenters. The molecular weight excluding hydrogens is 463 g/mol. The number of guanidine groups is 1. The Morgan fingerprint density at radius 1 is 1.21 bits per heavy atom. The van der Waals surface area contributed by atoms with Gasteiger partial charge < -0.3 is 15.4 Å². The van der Waals surface area contributed by atoms with Gasteiger partial charge in [-0.1, -0.05) is 44.2 Å². The molecule has 0 bridgehead atoms. The van der Waals surface area contributed by atoms with Crippen molar-refractivity contribution < 1.29 is 4.74 Å². The maximum atomic E-state index is 5.93. The third kappa shape index (κ3) is 4.49. The van der Waals surface area contributed by atoms with Crippen LogP contribution in [0.5, 0.6) is 0 Å². The summed E-state index contributed by atoms with van der Waals surface area (Å²) in [5.74, 6) is 1.57. The lowest BCUT2D eigenvalue weighted by molar-refractivity contribution is -0.106. The summed E-state index contributed by atoms with van der Waals surface area (Å²) in [6.45, 7) is 8.80. The van der Waals surface area contributed by atoms with Gasteiger partial charge in [0.05, 0.1) is 6.10 Å². The number of likely N-dealkylation sites (tertiary alicyclic amines) is 1. The van der Waals surface area contributed by atoms with Gasteiger partial charge in [-0.3, -0.25) is 9.89 Å². The number of aliphatic imine (C=N–C) groups is 1. The third-order valence-corrected chi connectivity index (χ3v) is 6.71. The molecule has 2 saturated heterocycles. The lowest BCUT2D eigenvalue weighted by Crippen LogP contribution is -2.68. The van der Waals surface area contributed by atoms with Crippen LogP contribution in [0.25, 0.3) is 0 Å². The number of hydrogen-bond donors (Lipinski definition) is 2. The van der Waals surface area contributed by atoms with Gasteiger partial charge in [-0.2, -0.15) is 0 Å². The van der Waals surface area contributed by atoms with Crippen molar-refractivity contribution in [2.45, 2.75) is 57.8 Å². The summed E-state index contributed by atoms with van der Waals surface area (Å²) in [4.78, 5) is 7.08. The molecule has 4 unspecified atom stereocenters. The fourth-order valence-electron chi connectivity index (χ4n) is 5.29. The van der Waals surface area contributed by atoms with Crippen LogP contribution in [-0.4, -0.2) is 55.8 Å². The lowest BCUT2D eigenvalue weighted by atomic mass is 9.57. The fraction of sp³-hybridized carbons (Fsp3) is 0.682. The van der Waals surface area contributed by atoms with Crippen molar-refractivity contribution in [2.24, 2.45) is 16.3 Å². The molecule has 2 aliphatic heterocycles. The van der Waals surface area contributed by atoms with Gasteiger partial charge in [0, 0.05) is 50.2 Å². The molecule has 156 valence electrons. The normalized spacial score (nSPS) is 32.0. The van der Waals surface area contributed by atoms with Crippen LogP contribution >= 0.6 is 24.0 Å². The van der Waals surface area contributed by atoms with E-state index in [1.54, 1.807) is 0 Å². The Bertz CT molecular complexity index is 666. The molecule has 0 spiro atoms. The molecule has 0 radical (unpaired) electrons. The molecule has 1 aromatic rings. The van der Waals surface area contributed by atoms with E-state index in [4.69, 9.17) is 4.74 Å². The first-order chi connectivity index (χ1) is 13.1. The molecule has 1 saturated carbocycles. The minimum Gasteiger partial charge on any atom is -0.377 e. The summed E-state index contributed by atoms with van der Waals surface area (Å²) >= 11 is 0. The number of hydrogen-bond acceptors (Lipinski definition) is 3. The highest BCUT2D eigenvalue weighted by Gasteiger charge is 2.59. The predicted molar refractivity (Wildman–Crippen MR) is 125 cm³/mol. The predicted octanol–water partition coefficient (Wildman–Crippen LogP) is 3.25. The van der Waals surface area contributed by atoms with Gasteiger partial charge in [0.25, 0.3) is 0 Å². The second-order valence-corrected chi connectivity index (χ2v) is 8.96. The van der Waals surface area contributed by atoms with E-state index in [1.807, 2.05) is 7.05 Å². The number of piperidine rings is 1. The summed E-state index contributed by atoms with van der Waals surface area (Å²) < 4.78 is 5.93. The van der Waals surface area contributed by atoms with Crippen molar-refractivity contribution in [1.29, 1.82) is 0 Å². The van der Waals surface area contributed by atoms with Gasteiger partial charge in [0.15, 0.2) is 5.96 Å². The first-order valence-corrected chi connectivity index (χ1v) is 10.5. The van der Waals surface area contributed by atoms with E-state index in [1.165, 1.54) is 24.9 Å². The summed E-state index contributed by atoms with van der Waals surface area (Å²) in [5, 5.41) is 7.41. The van der Waals surface area contributed by atoms with Gasteiger partial charge in [-0.05, 0) is 31.4 Å². The van der Waals surface area contributed by atoms with E-state index in [9.17, 15) is 0 Å². The van der Waals surface area contributed by atoms with Gasteiger partial charge in [0.2, 0.25) is 0 Å². The smallest absolute Gasteiger partial charge is 0.191 e. The highest BCUT2D eigenvalue weighted by molar-refractivity contribution is 14.0. The van der Waals surface area contributed by atoms with E-state index >= 15 is 0 Å². The molecule has 2 heterocycles. The Labute approximate surface area is 186 Å². The van der Waals surface area contributed by atoms with Crippen molar-refractivity contribution in [3.05, 3.63) is 35.9 Å². The first kappa shape index (κ1) is 21.8. The number of rotatable bonds is 4. The SMILES string of the molecule is CN=C(NC1CCCN(Cc2ccccc2)C1)NC1C2CCOC2C1(C)C.I. The van der Waals surface area contributed by atoms with Crippen LogP contribution < -0.4 is 10.6 Å². The van der Waals surface area contributed by atoms with Crippen LogP contribution in [0.15, 0.2) is 35.3 Å². The summed E-state index contributed by atoms with van der Waals surface area (Å²) in [7, 11) is 1.88. The van der Waals surface area contributed by atoms with E-state index in [2.05, 4.69) is 64.7 Å². The molecule has 0 amide bonds. The number of nitrogens with one attached hydrogen (secondary N) is 2. The molecule has 3 aliphatic rings. The second-order valence-electron chi connectivity index (χ2n) is 8.96. The Hall–Kier alpha value is -0.860. The topological polar surface area (TPSA) is 48.9 Å². The zero-order valence-corrected chi connectivity index (χ0v) is 19.7. The largest absolute Gasteiger partial charge is 0.377 e. The number of nitrogens with zero attached hydrogens (tertiary/aromatic N) is 2. The van der Waals surface area contributed by atoms with E-state index in [0.717, 1.165) is 32.1 Å². The van der Waals surface area contributed by atoms with E-state index < -0.39 is 0 Å². The van der Waals surface area contributed by atoms with Crippen LogP contribution in [0, 0.1) is 11.3 Å². The quantitative estimate of drug-likeness (QED) is 0.380. The highest BCUT2D eigenvalue weighted by atomic mass is 127. The monoisotopic (exact) mass is 498 g/mol. The van der Waals surface area contributed by atoms with Crippen LogP contribution in [0.1, 0.15) is 38.7 Å². The van der Waals surface area contributed by atoms with Gasteiger partial charge in [-0.15, -0.1) is 24.0 Å². The van der Waals surface area contributed by atoms with Crippen molar-refractivity contribution >= 4 is 29.9 Å². The van der Waals surface area contributed by atoms with Gasteiger partial charge in [0.1, 0.15) is 0 Å². The van der Waals surface area contributed by atoms with Crippen LogP contribution in [0.2, 0.25) is 0 Å². The zero-order valence-electron chi connectivity index (χ0n) is 17.4. The molecule has 6 heteroatoms.